The summed E-state index contributed by atoms with van der Waals surface area (Å²) in [5.74, 6) is -0.905. The van der Waals surface area contributed by atoms with Gasteiger partial charge in [0.1, 0.15) is 0 Å². The SMILES string of the molecule is CS(=O)(=O)c1ccccc1CC(=O)Nc1ccc(C(N)=O)cc1. The van der Waals surface area contributed by atoms with Gasteiger partial charge in [-0.05, 0) is 35.9 Å². The van der Waals surface area contributed by atoms with Gasteiger partial charge in [-0.2, -0.15) is 0 Å². The summed E-state index contributed by atoms with van der Waals surface area (Å²) >= 11 is 0. The Balaban J connectivity index is 2.13. The molecule has 0 atom stereocenters. The molecule has 2 aromatic rings. The molecule has 0 spiro atoms. The van der Waals surface area contributed by atoms with E-state index in [1.165, 1.54) is 18.2 Å². The fraction of sp³-hybridized carbons (Fsp3) is 0.125. The molecule has 0 aliphatic carbocycles. The van der Waals surface area contributed by atoms with Crippen LogP contribution in [0.2, 0.25) is 0 Å². The minimum atomic E-state index is -3.40. The molecular weight excluding hydrogens is 316 g/mol. The summed E-state index contributed by atoms with van der Waals surface area (Å²) < 4.78 is 23.4. The highest BCUT2D eigenvalue weighted by Crippen LogP contribution is 2.17. The molecule has 0 unspecified atom stereocenters. The summed E-state index contributed by atoms with van der Waals surface area (Å²) in [6, 6.07) is 12.5. The Labute approximate surface area is 134 Å². The molecule has 0 heterocycles. The van der Waals surface area contributed by atoms with Crippen molar-refractivity contribution in [3.8, 4) is 0 Å². The smallest absolute Gasteiger partial charge is 0.248 e. The summed E-state index contributed by atoms with van der Waals surface area (Å²) in [6.07, 6.45) is 1.03. The fourth-order valence-corrected chi connectivity index (χ4v) is 3.05. The Morgan fingerprint density at radius 3 is 2.22 bits per heavy atom. The van der Waals surface area contributed by atoms with Crippen LogP contribution in [0, 0.1) is 0 Å². The zero-order valence-electron chi connectivity index (χ0n) is 12.4. The predicted octanol–water partition coefficient (Wildman–Crippen LogP) is 1.37. The molecule has 0 fully saturated rings. The third-order valence-electron chi connectivity index (χ3n) is 3.18. The first-order valence-corrected chi connectivity index (χ1v) is 8.64. The lowest BCUT2D eigenvalue weighted by Gasteiger charge is -2.09. The number of hydrogen-bond donors (Lipinski definition) is 2. The number of rotatable bonds is 5. The van der Waals surface area contributed by atoms with Crippen molar-refractivity contribution in [2.24, 2.45) is 5.73 Å². The van der Waals surface area contributed by atoms with Gasteiger partial charge in [-0.3, -0.25) is 9.59 Å². The number of carbonyl (C=O) groups excluding carboxylic acids is 2. The van der Waals surface area contributed by atoms with E-state index in [4.69, 9.17) is 5.73 Å². The van der Waals surface area contributed by atoms with Crippen molar-refractivity contribution in [2.75, 3.05) is 11.6 Å². The first kappa shape index (κ1) is 16.7. The normalized spacial score (nSPS) is 11.0. The minimum absolute atomic E-state index is 0.0686. The van der Waals surface area contributed by atoms with Gasteiger partial charge in [-0.15, -0.1) is 0 Å². The maximum Gasteiger partial charge on any atom is 0.248 e. The van der Waals surface area contributed by atoms with Gasteiger partial charge in [0, 0.05) is 17.5 Å². The second-order valence-electron chi connectivity index (χ2n) is 5.05. The van der Waals surface area contributed by atoms with Crippen molar-refractivity contribution in [3.05, 3.63) is 59.7 Å². The molecule has 0 aliphatic heterocycles. The van der Waals surface area contributed by atoms with Crippen LogP contribution in [-0.4, -0.2) is 26.5 Å². The van der Waals surface area contributed by atoms with E-state index in [1.54, 1.807) is 30.3 Å². The van der Waals surface area contributed by atoms with Gasteiger partial charge in [0.25, 0.3) is 0 Å². The lowest BCUT2D eigenvalue weighted by molar-refractivity contribution is -0.115. The van der Waals surface area contributed by atoms with Crippen molar-refractivity contribution in [1.29, 1.82) is 0 Å². The highest BCUT2D eigenvalue weighted by molar-refractivity contribution is 7.90. The average molecular weight is 332 g/mol. The Hall–Kier alpha value is -2.67. The van der Waals surface area contributed by atoms with Crippen LogP contribution in [0.3, 0.4) is 0 Å². The minimum Gasteiger partial charge on any atom is -0.366 e. The predicted molar refractivity (Wildman–Crippen MR) is 86.8 cm³/mol. The first-order valence-electron chi connectivity index (χ1n) is 6.75. The molecule has 23 heavy (non-hydrogen) atoms. The maximum atomic E-state index is 12.1. The summed E-state index contributed by atoms with van der Waals surface area (Å²) in [5.41, 5.74) is 6.41. The van der Waals surface area contributed by atoms with Gasteiger partial charge < -0.3 is 11.1 Å². The van der Waals surface area contributed by atoms with Gasteiger partial charge in [0.2, 0.25) is 11.8 Å². The van der Waals surface area contributed by atoms with Crippen molar-refractivity contribution in [2.45, 2.75) is 11.3 Å². The number of anilines is 1. The number of primary amides is 1. The monoisotopic (exact) mass is 332 g/mol. The molecule has 0 aliphatic rings. The second-order valence-corrected chi connectivity index (χ2v) is 7.03. The number of amides is 2. The number of nitrogens with one attached hydrogen (secondary N) is 1. The number of nitrogens with two attached hydrogens (primary N) is 1. The molecule has 2 aromatic carbocycles. The van der Waals surface area contributed by atoms with Gasteiger partial charge in [0.05, 0.1) is 11.3 Å². The highest BCUT2D eigenvalue weighted by Gasteiger charge is 2.15. The number of hydrogen-bond acceptors (Lipinski definition) is 4. The molecule has 0 bridgehead atoms. The van der Waals surface area contributed by atoms with E-state index >= 15 is 0 Å². The largest absolute Gasteiger partial charge is 0.366 e. The average Bonchev–Trinajstić information content (AvgIpc) is 2.47. The Bertz CT molecular complexity index is 843. The van der Waals surface area contributed by atoms with E-state index in [2.05, 4.69) is 5.32 Å². The van der Waals surface area contributed by atoms with Crippen LogP contribution >= 0.6 is 0 Å². The number of benzene rings is 2. The lowest BCUT2D eigenvalue weighted by atomic mass is 10.1. The Morgan fingerprint density at radius 2 is 1.65 bits per heavy atom. The van der Waals surface area contributed by atoms with Crippen molar-refractivity contribution >= 4 is 27.3 Å². The number of carbonyl (C=O) groups is 2. The molecule has 0 aromatic heterocycles. The quantitative estimate of drug-likeness (QED) is 0.862. The van der Waals surface area contributed by atoms with Crippen LogP contribution < -0.4 is 11.1 Å². The molecule has 7 heteroatoms. The van der Waals surface area contributed by atoms with Crippen molar-refractivity contribution in [3.63, 3.8) is 0 Å². The molecule has 120 valence electrons. The summed E-state index contributed by atoms with van der Waals surface area (Å²) in [5, 5.41) is 2.65. The second kappa shape index (κ2) is 6.62. The third-order valence-corrected chi connectivity index (χ3v) is 4.37. The van der Waals surface area contributed by atoms with Gasteiger partial charge in [-0.1, -0.05) is 18.2 Å². The third kappa shape index (κ3) is 4.40. The molecule has 6 nitrogen and oxygen atoms in total. The molecule has 2 amide bonds. The first-order chi connectivity index (χ1) is 10.8. The fourth-order valence-electron chi connectivity index (χ4n) is 2.11. The lowest BCUT2D eigenvalue weighted by Crippen LogP contribution is -2.16. The van der Waals surface area contributed by atoms with Gasteiger partial charge in [-0.25, -0.2) is 8.42 Å². The van der Waals surface area contributed by atoms with Crippen molar-refractivity contribution in [1.82, 2.24) is 0 Å². The van der Waals surface area contributed by atoms with E-state index in [0.29, 0.717) is 16.8 Å². The Kier molecular flexibility index (Phi) is 4.80. The molecule has 0 radical (unpaired) electrons. The van der Waals surface area contributed by atoms with Crippen LogP contribution in [0.5, 0.6) is 0 Å². The topological polar surface area (TPSA) is 106 Å². The van der Waals surface area contributed by atoms with E-state index in [9.17, 15) is 18.0 Å². The maximum absolute atomic E-state index is 12.1. The van der Waals surface area contributed by atoms with E-state index in [0.717, 1.165) is 6.26 Å². The van der Waals surface area contributed by atoms with Crippen LogP contribution in [0.4, 0.5) is 5.69 Å². The van der Waals surface area contributed by atoms with Crippen LogP contribution in [0.15, 0.2) is 53.4 Å². The molecule has 0 saturated heterocycles. The summed E-state index contributed by atoms with van der Waals surface area (Å²) in [6.45, 7) is 0. The Morgan fingerprint density at radius 1 is 1.04 bits per heavy atom. The summed E-state index contributed by atoms with van der Waals surface area (Å²) in [4.78, 5) is 23.2. The zero-order valence-corrected chi connectivity index (χ0v) is 13.3. The summed E-state index contributed by atoms with van der Waals surface area (Å²) in [7, 11) is -3.40. The van der Waals surface area contributed by atoms with E-state index in [1.807, 2.05) is 0 Å². The number of sulfone groups is 1. The van der Waals surface area contributed by atoms with Gasteiger partial charge in [0.15, 0.2) is 9.84 Å². The standard InChI is InChI=1S/C16H16N2O4S/c1-23(21,22)14-5-3-2-4-12(14)10-15(19)18-13-8-6-11(7-9-13)16(17)20/h2-9H,10H2,1H3,(H2,17,20)(H,18,19). The van der Waals surface area contributed by atoms with E-state index in [-0.39, 0.29) is 17.2 Å². The van der Waals surface area contributed by atoms with Crippen LogP contribution in [0.1, 0.15) is 15.9 Å². The van der Waals surface area contributed by atoms with Crippen LogP contribution in [-0.2, 0) is 21.1 Å². The van der Waals surface area contributed by atoms with Crippen molar-refractivity contribution < 1.29 is 18.0 Å². The molecule has 0 saturated carbocycles. The molecule has 3 N–H and O–H groups in total. The van der Waals surface area contributed by atoms with Gasteiger partial charge >= 0.3 is 0 Å². The molecule has 2 rings (SSSR count). The van der Waals surface area contributed by atoms with E-state index < -0.39 is 15.7 Å². The zero-order chi connectivity index (χ0) is 17.0. The molecular formula is C16H16N2O4S. The highest BCUT2D eigenvalue weighted by atomic mass is 32.2. The van der Waals surface area contributed by atoms with Crippen LogP contribution in [0.25, 0.3) is 0 Å².